The number of allylic oxidation sites excluding steroid dienone is 1. The highest BCUT2D eigenvalue weighted by molar-refractivity contribution is 6.04. The molecule has 1 heterocycles. The lowest BCUT2D eigenvalue weighted by Crippen LogP contribution is -2.55. The molecule has 1 aliphatic carbocycles. The van der Waals surface area contributed by atoms with Gasteiger partial charge in [0.1, 0.15) is 6.07 Å². The molecule has 1 aliphatic heterocycles. The van der Waals surface area contributed by atoms with Gasteiger partial charge >= 0.3 is 0 Å². The van der Waals surface area contributed by atoms with Gasteiger partial charge in [0.25, 0.3) is 0 Å². The largest absolute Gasteiger partial charge is 0.376 e. The van der Waals surface area contributed by atoms with E-state index in [0.29, 0.717) is 5.57 Å². The first-order valence-electron chi connectivity index (χ1n) is 6.27. The molecule has 1 fully saturated rings. The molecule has 92 valence electrons. The molecular weight excluding hydrogens is 214 g/mol. The van der Waals surface area contributed by atoms with Crippen molar-refractivity contribution in [2.75, 3.05) is 6.61 Å². The molecule has 2 rings (SSSR count). The van der Waals surface area contributed by atoms with Crippen molar-refractivity contribution in [1.82, 2.24) is 0 Å². The van der Waals surface area contributed by atoms with Crippen LogP contribution in [0, 0.1) is 22.2 Å². The van der Waals surface area contributed by atoms with Gasteiger partial charge in [-0.05, 0) is 33.1 Å². The topological polar surface area (TPSA) is 50.1 Å². The standard InChI is InChI=1S/C14H19NO2/c1-4-14-6-5-7-17-12(14)13(2,3)11(16)10(8-14)9-15/h8,12H,4-7H2,1-3H3/t12-,14-/m1/s1. The maximum absolute atomic E-state index is 12.2. The Morgan fingerprint density at radius 1 is 1.59 bits per heavy atom. The molecule has 17 heavy (non-hydrogen) atoms. The van der Waals surface area contributed by atoms with E-state index in [1.54, 1.807) is 0 Å². The van der Waals surface area contributed by atoms with E-state index < -0.39 is 5.41 Å². The van der Waals surface area contributed by atoms with Crippen molar-refractivity contribution in [1.29, 1.82) is 5.26 Å². The van der Waals surface area contributed by atoms with Crippen LogP contribution in [-0.2, 0) is 9.53 Å². The molecule has 0 radical (unpaired) electrons. The maximum Gasteiger partial charge on any atom is 0.181 e. The van der Waals surface area contributed by atoms with Gasteiger partial charge in [0.15, 0.2) is 5.78 Å². The van der Waals surface area contributed by atoms with Crippen molar-refractivity contribution in [2.24, 2.45) is 10.8 Å². The Morgan fingerprint density at radius 3 is 2.88 bits per heavy atom. The van der Waals surface area contributed by atoms with Crippen LogP contribution in [0.2, 0.25) is 0 Å². The summed E-state index contributed by atoms with van der Waals surface area (Å²) in [6.07, 6.45) is 4.72. The van der Waals surface area contributed by atoms with Crippen LogP contribution in [0.4, 0.5) is 0 Å². The minimum atomic E-state index is -0.587. The van der Waals surface area contributed by atoms with Gasteiger partial charge in [-0.25, -0.2) is 0 Å². The van der Waals surface area contributed by atoms with Crippen LogP contribution in [-0.4, -0.2) is 18.5 Å². The quantitative estimate of drug-likeness (QED) is 0.699. The Balaban J connectivity index is 2.56. The third-order valence-electron chi connectivity index (χ3n) is 4.29. The fraction of sp³-hybridized carbons (Fsp3) is 0.714. The molecule has 0 unspecified atom stereocenters. The van der Waals surface area contributed by atoms with Gasteiger partial charge in [0.2, 0.25) is 0 Å². The zero-order valence-electron chi connectivity index (χ0n) is 10.7. The molecule has 0 aromatic carbocycles. The fourth-order valence-corrected chi connectivity index (χ4v) is 3.34. The normalized spacial score (nSPS) is 35.8. The lowest BCUT2D eigenvalue weighted by molar-refractivity contribution is -0.155. The number of carbonyl (C=O) groups excluding carboxylic acids is 1. The van der Waals surface area contributed by atoms with Crippen molar-refractivity contribution in [2.45, 2.75) is 46.1 Å². The van der Waals surface area contributed by atoms with Crippen LogP contribution in [0.5, 0.6) is 0 Å². The third kappa shape index (κ3) is 1.63. The van der Waals surface area contributed by atoms with E-state index in [1.165, 1.54) is 0 Å². The predicted octanol–water partition coefficient (Wildman–Crippen LogP) is 2.62. The number of nitrogens with zero attached hydrogens (tertiary/aromatic N) is 1. The van der Waals surface area contributed by atoms with Crippen LogP contribution >= 0.6 is 0 Å². The van der Waals surface area contributed by atoms with Crippen LogP contribution in [0.1, 0.15) is 40.0 Å². The van der Waals surface area contributed by atoms with Crippen LogP contribution in [0.25, 0.3) is 0 Å². The Morgan fingerprint density at radius 2 is 2.29 bits per heavy atom. The van der Waals surface area contributed by atoms with Gasteiger partial charge < -0.3 is 4.74 Å². The molecule has 3 nitrogen and oxygen atoms in total. The van der Waals surface area contributed by atoms with Gasteiger partial charge in [-0.2, -0.15) is 5.26 Å². The van der Waals surface area contributed by atoms with Crippen LogP contribution < -0.4 is 0 Å². The number of hydrogen-bond donors (Lipinski definition) is 0. The number of Topliss-reactive ketones (excluding diaryl/α,β-unsaturated/α-hetero) is 1. The summed E-state index contributed by atoms with van der Waals surface area (Å²) in [6.45, 7) is 6.64. The number of nitriles is 1. The third-order valence-corrected chi connectivity index (χ3v) is 4.29. The van der Waals surface area contributed by atoms with E-state index in [2.05, 4.69) is 13.0 Å². The van der Waals surface area contributed by atoms with E-state index in [1.807, 2.05) is 19.9 Å². The van der Waals surface area contributed by atoms with Gasteiger partial charge in [-0.15, -0.1) is 0 Å². The van der Waals surface area contributed by atoms with Crippen LogP contribution in [0.15, 0.2) is 11.6 Å². The summed E-state index contributed by atoms with van der Waals surface area (Å²) in [5.41, 5.74) is -0.393. The molecule has 0 spiro atoms. The molecule has 0 aromatic rings. The van der Waals surface area contributed by atoms with Crippen molar-refractivity contribution < 1.29 is 9.53 Å². The monoisotopic (exact) mass is 233 g/mol. The van der Waals surface area contributed by atoms with E-state index in [9.17, 15) is 4.79 Å². The molecule has 0 amide bonds. The van der Waals surface area contributed by atoms with Crippen molar-refractivity contribution in [3.05, 3.63) is 11.6 Å². The first-order valence-corrected chi connectivity index (χ1v) is 6.27. The second kappa shape index (κ2) is 3.96. The predicted molar refractivity (Wildman–Crippen MR) is 64.2 cm³/mol. The summed E-state index contributed by atoms with van der Waals surface area (Å²) in [6, 6.07) is 2.06. The second-order valence-electron chi connectivity index (χ2n) is 5.66. The van der Waals surface area contributed by atoms with Crippen LogP contribution in [0.3, 0.4) is 0 Å². The Kier molecular flexibility index (Phi) is 2.87. The van der Waals surface area contributed by atoms with Gasteiger partial charge in [0, 0.05) is 12.0 Å². The molecular formula is C14H19NO2. The smallest absolute Gasteiger partial charge is 0.181 e. The van der Waals surface area contributed by atoms with E-state index in [-0.39, 0.29) is 17.3 Å². The minimum absolute atomic E-state index is 0.0732. The van der Waals surface area contributed by atoms with E-state index in [0.717, 1.165) is 25.9 Å². The maximum atomic E-state index is 12.2. The van der Waals surface area contributed by atoms with E-state index in [4.69, 9.17) is 10.00 Å². The highest BCUT2D eigenvalue weighted by Gasteiger charge is 2.54. The summed E-state index contributed by atoms with van der Waals surface area (Å²) in [5, 5.41) is 9.11. The Bertz CT molecular complexity index is 416. The second-order valence-corrected chi connectivity index (χ2v) is 5.66. The van der Waals surface area contributed by atoms with Crippen molar-refractivity contribution in [3.8, 4) is 6.07 Å². The summed E-state index contributed by atoms with van der Waals surface area (Å²) in [7, 11) is 0. The molecule has 2 aliphatic rings. The number of fused-ring (bicyclic) bond motifs is 1. The SMILES string of the molecule is CC[C@@]12C=C(C#N)C(=O)C(C)(C)[C@H]1OCCC2. The zero-order chi connectivity index (χ0) is 12.7. The molecule has 2 atom stereocenters. The lowest BCUT2D eigenvalue weighted by atomic mass is 9.58. The summed E-state index contributed by atoms with van der Waals surface area (Å²) >= 11 is 0. The Hall–Kier alpha value is -1.14. The van der Waals surface area contributed by atoms with Gasteiger partial charge in [0.05, 0.1) is 17.1 Å². The Labute approximate surface area is 102 Å². The molecule has 0 N–H and O–H groups in total. The molecule has 3 heteroatoms. The first-order chi connectivity index (χ1) is 7.98. The number of ether oxygens (including phenoxy) is 1. The summed E-state index contributed by atoms with van der Waals surface area (Å²) < 4.78 is 5.88. The number of carbonyl (C=O) groups is 1. The summed E-state index contributed by atoms with van der Waals surface area (Å²) in [5.74, 6) is -0.0732. The molecule has 0 aromatic heterocycles. The lowest BCUT2D eigenvalue weighted by Gasteiger charge is -2.51. The average Bonchev–Trinajstić information content (AvgIpc) is 2.34. The zero-order valence-corrected chi connectivity index (χ0v) is 10.7. The number of hydrogen-bond acceptors (Lipinski definition) is 3. The van der Waals surface area contributed by atoms with Crippen molar-refractivity contribution >= 4 is 5.78 Å². The molecule has 0 bridgehead atoms. The number of rotatable bonds is 1. The van der Waals surface area contributed by atoms with E-state index >= 15 is 0 Å². The fourth-order valence-electron chi connectivity index (χ4n) is 3.34. The first kappa shape index (κ1) is 12.3. The molecule has 1 saturated heterocycles. The summed E-state index contributed by atoms with van der Waals surface area (Å²) in [4.78, 5) is 12.2. The van der Waals surface area contributed by atoms with Gasteiger partial charge in [-0.3, -0.25) is 4.79 Å². The molecule has 0 saturated carbocycles. The van der Waals surface area contributed by atoms with Gasteiger partial charge in [-0.1, -0.05) is 13.0 Å². The number of ketones is 1. The highest BCUT2D eigenvalue weighted by Crippen LogP contribution is 2.51. The highest BCUT2D eigenvalue weighted by atomic mass is 16.5. The minimum Gasteiger partial charge on any atom is -0.376 e. The average molecular weight is 233 g/mol. The van der Waals surface area contributed by atoms with Crippen molar-refractivity contribution in [3.63, 3.8) is 0 Å².